The summed E-state index contributed by atoms with van der Waals surface area (Å²) in [5.74, 6) is 0. The second kappa shape index (κ2) is 8.19. The van der Waals surface area contributed by atoms with Crippen LogP contribution in [0.4, 0.5) is 0 Å². The summed E-state index contributed by atoms with van der Waals surface area (Å²) in [4.78, 5) is 22.4. The van der Waals surface area contributed by atoms with Crippen molar-refractivity contribution in [2.75, 3.05) is 0 Å². The molecule has 8 heteroatoms. The maximum atomic E-state index is 5.87. The van der Waals surface area contributed by atoms with Gasteiger partial charge in [0.25, 0.3) is 0 Å². The van der Waals surface area contributed by atoms with Gasteiger partial charge in [-0.25, -0.2) is 0 Å². The molecule has 0 atom stereocenters. The normalized spacial score (nSPS) is 18.5. The summed E-state index contributed by atoms with van der Waals surface area (Å²) in [5, 5.41) is 8.20. The molecule has 0 aromatic carbocycles. The zero-order valence-electron chi connectivity index (χ0n) is 13.0. The van der Waals surface area contributed by atoms with E-state index in [-0.39, 0.29) is 17.3 Å². The van der Waals surface area contributed by atoms with Crippen molar-refractivity contribution in [1.29, 1.82) is 0 Å². The van der Waals surface area contributed by atoms with E-state index in [9.17, 15) is 0 Å². The van der Waals surface area contributed by atoms with Gasteiger partial charge >= 0.3 is 12.0 Å². The van der Waals surface area contributed by atoms with Crippen molar-refractivity contribution in [3.63, 3.8) is 0 Å². The van der Waals surface area contributed by atoms with Crippen LogP contribution in [0.2, 0.25) is 5.28 Å². The fourth-order valence-electron chi connectivity index (χ4n) is 2.71. The van der Waals surface area contributed by atoms with Crippen LogP contribution in [0, 0.1) is 0 Å². The second-order valence-corrected chi connectivity index (χ2v) is 6.13. The molecule has 0 spiro atoms. The number of nitrogens with zero attached hydrogens (tertiary/aromatic N) is 5. The highest BCUT2D eigenvalue weighted by Crippen LogP contribution is 2.18. The van der Waals surface area contributed by atoms with Crippen molar-refractivity contribution < 1.29 is 9.68 Å². The molecule has 2 saturated carbocycles. The van der Waals surface area contributed by atoms with Gasteiger partial charge in [0.2, 0.25) is 5.28 Å². The average Bonchev–Trinajstić information content (AvgIpc) is 2.60. The fourth-order valence-corrected chi connectivity index (χ4v) is 2.85. The molecule has 0 N–H and O–H groups in total. The lowest BCUT2D eigenvalue weighted by atomic mass is 9.99. The Kier molecular flexibility index (Phi) is 5.74. The van der Waals surface area contributed by atoms with Crippen LogP contribution >= 0.6 is 11.6 Å². The Hall–Kier alpha value is -1.76. The highest BCUT2D eigenvalue weighted by Gasteiger charge is 2.12. The monoisotopic (exact) mass is 337 g/mol. The standard InChI is InChI=1S/C15H20ClN5O2/c16-13-17-14(22-20-11-7-3-1-4-8-11)19-15(18-13)23-21-12-9-5-2-6-10-12/h1-10H2. The van der Waals surface area contributed by atoms with Crippen molar-refractivity contribution in [2.24, 2.45) is 10.3 Å². The zero-order valence-corrected chi connectivity index (χ0v) is 13.8. The van der Waals surface area contributed by atoms with Gasteiger partial charge in [-0.05, 0) is 63.0 Å². The number of oxime groups is 2. The van der Waals surface area contributed by atoms with Crippen molar-refractivity contribution in [3.05, 3.63) is 5.28 Å². The maximum Gasteiger partial charge on any atom is 0.353 e. The van der Waals surface area contributed by atoms with Gasteiger partial charge in [0.1, 0.15) is 0 Å². The summed E-state index contributed by atoms with van der Waals surface area (Å²) in [6.45, 7) is 0. The summed E-state index contributed by atoms with van der Waals surface area (Å²) in [5.41, 5.74) is 2.05. The van der Waals surface area contributed by atoms with Crippen LogP contribution in [0.1, 0.15) is 64.2 Å². The molecule has 1 aromatic rings. The highest BCUT2D eigenvalue weighted by molar-refractivity contribution is 6.28. The smallest absolute Gasteiger partial charge is 0.315 e. The highest BCUT2D eigenvalue weighted by atomic mass is 35.5. The first-order valence-electron chi connectivity index (χ1n) is 8.17. The van der Waals surface area contributed by atoms with E-state index >= 15 is 0 Å². The Bertz CT molecular complexity index is 541. The molecule has 7 nitrogen and oxygen atoms in total. The Balaban J connectivity index is 1.63. The van der Waals surface area contributed by atoms with Crippen molar-refractivity contribution >= 4 is 23.0 Å². The number of hydrogen-bond donors (Lipinski definition) is 0. The van der Waals surface area contributed by atoms with E-state index in [0.717, 1.165) is 62.8 Å². The third-order valence-electron chi connectivity index (χ3n) is 3.94. The van der Waals surface area contributed by atoms with Crippen LogP contribution in [0.5, 0.6) is 12.0 Å². The predicted molar refractivity (Wildman–Crippen MR) is 87.1 cm³/mol. The van der Waals surface area contributed by atoms with E-state index in [1.165, 1.54) is 12.8 Å². The Morgan fingerprint density at radius 1 is 0.652 bits per heavy atom. The Labute approximate surface area is 140 Å². The zero-order chi connectivity index (χ0) is 15.9. The molecule has 0 aliphatic heterocycles. The van der Waals surface area contributed by atoms with Gasteiger partial charge in [0.15, 0.2) is 0 Å². The molecule has 0 radical (unpaired) electrons. The second-order valence-electron chi connectivity index (χ2n) is 5.79. The van der Waals surface area contributed by atoms with Crippen LogP contribution in [0.15, 0.2) is 10.3 Å². The molecule has 0 saturated heterocycles. The Morgan fingerprint density at radius 2 is 1.09 bits per heavy atom. The number of hydrogen-bond acceptors (Lipinski definition) is 7. The van der Waals surface area contributed by atoms with Gasteiger partial charge in [0, 0.05) is 0 Å². The number of aromatic nitrogens is 3. The van der Waals surface area contributed by atoms with E-state index in [2.05, 4.69) is 25.3 Å². The Morgan fingerprint density at radius 3 is 1.52 bits per heavy atom. The lowest BCUT2D eigenvalue weighted by Gasteiger charge is -2.11. The third-order valence-corrected chi connectivity index (χ3v) is 4.11. The molecule has 1 heterocycles. The molecule has 1 aromatic heterocycles. The molecular weight excluding hydrogens is 318 g/mol. The van der Waals surface area contributed by atoms with Gasteiger partial charge in [-0.1, -0.05) is 23.2 Å². The quantitative estimate of drug-likeness (QED) is 0.777. The summed E-state index contributed by atoms with van der Waals surface area (Å²) >= 11 is 5.87. The molecule has 23 heavy (non-hydrogen) atoms. The van der Waals surface area contributed by atoms with E-state index < -0.39 is 0 Å². The van der Waals surface area contributed by atoms with Crippen molar-refractivity contribution in [2.45, 2.75) is 64.2 Å². The SMILES string of the molecule is Clc1nc(ON=C2CCCCC2)nc(ON=C2CCCCC2)n1. The lowest BCUT2D eigenvalue weighted by Crippen LogP contribution is -2.08. The first-order chi connectivity index (χ1) is 11.3. The fraction of sp³-hybridized carbons (Fsp3) is 0.667. The summed E-state index contributed by atoms with van der Waals surface area (Å²) in [6.07, 6.45) is 10.9. The molecule has 124 valence electrons. The average molecular weight is 338 g/mol. The molecule has 0 unspecified atom stereocenters. The first-order valence-corrected chi connectivity index (χ1v) is 8.54. The van der Waals surface area contributed by atoms with Gasteiger partial charge in [-0.15, -0.1) is 4.98 Å². The topological polar surface area (TPSA) is 81.9 Å². The first kappa shape index (κ1) is 16.1. The van der Waals surface area contributed by atoms with Crippen LogP contribution in [0.25, 0.3) is 0 Å². The summed E-state index contributed by atoms with van der Waals surface area (Å²) in [6, 6.07) is 0.0591. The molecule has 2 aliphatic rings. The van der Waals surface area contributed by atoms with Crippen LogP contribution in [0.3, 0.4) is 0 Å². The predicted octanol–water partition coefficient (Wildman–Crippen LogP) is 3.92. The van der Waals surface area contributed by atoms with Crippen LogP contribution in [-0.2, 0) is 0 Å². The minimum Gasteiger partial charge on any atom is -0.315 e. The molecule has 0 amide bonds. The van der Waals surface area contributed by atoms with Gasteiger partial charge in [-0.2, -0.15) is 9.97 Å². The van der Waals surface area contributed by atoms with E-state index in [1.807, 2.05) is 0 Å². The van der Waals surface area contributed by atoms with Crippen molar-refractivity contribution in [3.8, 4) is 12.0 Å². The molecule has 3 rings (SSSR count). The minimum atomic E-state index is -0.00214. The molecule has 2 aliphatic carbocycles. The minimum absolute atomic E-state index is 0.00214. The van der Waals surface area contributed by atoms with E-state index in [1.54, 1.807) is 0 Å². The van der Waals surface area contributed by atoms with E-state index in [0.29, 0.717) is 0 Å². The maximum absolute atomic E-state index is 5.87. The van der Waals surface area contributed by atoms with Crippen molar-refractivity contribution in [1.82, 2.24) is 15.0 Å². The van der Waals surface area contributed by atoms with Gasteiger partial charge < -0.3 is 9.68 Å². The molecule has 0 bridgehead atoms. The van der Waals surface area contributed by atoms with Crippen LogP contribution in [-0.4, -0.2) is 26.4 Å². The third kappa shape index (κ3) is 5.13. The summed E-state index contributed by atoms with van der Waals surface area (Å²) in [7, 11) is 0. The lowest BCUT2D eigenvalue weighted by molar-refractivity contribution is 0.275. The number of halogens is 1. The molecular formula is C15H20ClN5O2. The summed E-state index contributed by atoms with van der Waals surface area (Å²) < 4.78 is 0. The van der Waals surface area contributed by atoms with Gasteiger partial charge in [-0.3, -0.25) is 0 Å². The molecule has 2 fully saturated rings. The number of rotatable bonds is 4. The van der Waals surface area contributed by atoms with Gasteiger partial charge in [0.05, 0.1) is 11.4 Å². The largest absolute Gasteiger partial charge is 0.353 e. The van der Waals surface area contributed by atoms with E-state index in [4.69, 9.17) is 21.3 Å². The van der Waals surface area contributed by atoms with Crippen LogP contribution < -0.4 is 9.68 Å².